The first-order valence-electron chi connectivity index (χ1n) is 8.17. The monoisotopic (exact) mass is 359 g/mol. The van der Waals surface area contributed by atoms with Crippen LogP contribution in [0, 0.1) is 0 Å². The highest BCUT2D eigenvalue weighted by molar-refractivity contribution is 6.32. The van der Waals surface area contributed by atoms with E-state index in [1.54, 1.807) is 0 Å². The van der Waals surface area contributed by atoms with E-state index in [9.17, 15) is 0 Å². The molecule has 2 aromatic rings. The van der Waals surface area contributed by atoms with Crippen molar-refractivity contribution in [2.45, 2.75) is 6.04 Å². The number of piperazine rings is 1. The smallest absolute Gasteiger partial charge is 0.0741 e. The Kier molecular flexibility index (Phi) is 4.25. The molecular weight excluding hydrogens is 341 g/mol. The van der Waals surface area contributed by atoms with Crippen molar-refractivity contribution in [2.75, 3.05) is 38.1 Å². The third kappa shape index (κ3) is 2.92. The van der Waals surface area contributed by atoms with Gasteiger partial charge in [-0.1, -0.05) is 35.3 Å². The third-order valence-electron chi connectivity index (χ3n) is 4.79. The summed E-state index contributed by atoms with van der Waals surface area (Å²) in [5, 5.41) is 1.47. The number of hydrogen-bond acceptors (Lipinski definition) is 3. The Morgan fingerprint density at radius 1 is 1.00 bits per heavy atom. The summed E-state index contributed by atoms with van der Waals surface area (Å²) in [6.45, 7) is 3.89. The molecule has 2 aromatic carbocycles. The lowest BCUT2D eigenvalue weighted by molar-refractivity contribution is 0.270. The average molecular weight is 360 g/mol. The van der Waals surface area contributed by atoms with Gasteiger partial charge in [0.1, 0.15) is 0 Å². The van der Waals surface area contributed by atoms with Crippen molar-refractivity contribution in [2.24, 2.45) is 4.99 Å². The second kappa shape index (κ2) is 6.40. The fourth-order valence-electron chi connectivity index (χ4n) is 3.57. The molecule has 0 saturated carbocycles. The summed E-state index contributed by atoms with van der Waals surface area (Å²) in [6.07, 6.45) is 0. The number of nitrogens with zero attached hydrogens (tertiary/aromatic N) is 3. The van der Waals surface area contributed by atoms with Gasteiger partial charge >= 0.3 is 0 Å². The Bertz CT molecular complexity index is 786. The van der Waals surface area contributed by atoms with Crippen LogP contribution in [0.5, 0.6) is 0 Å². The molecule has 1 fully saturated rings. The van der Waals surface area contributed by atoms with E-state index < -0.39 is 0 Å². The highest BCUT2D eigenvalue weighted by Gasteiger charge is 2.30. The maximum atomic E-state index is 6.30. The molecule has 3 nitrogen and oxygen atoms in total. The number of anilines is 1. The zero-order valence-corrected chi connectivity index (χ0v) is 15.1. The van der Waals surface area contributed by atoms with Gasteiger partial charge in [0.15, 0.2) is 0 Å². The molecule has 0 radical (unpaired) electrons. The van der Waals surface area contributed by atoms with E-state index in [1.165, 1.54) is 5.69 Å². The summed E-state index contributed by atoms with van der Waals surface area (Å²) >= 11 is 12.4. The quantitative estimate of drug-likeness (QED) is 0.767. The van der Waals surface area contributed by atoms with E-state index >= 15 is 0 Å². The second-order valence-electron chi connectivity index (χ2n) is 6.47. The number of aliphatic imine (C=N–C) groups is 1. The van der Waals surface area contributed by atoms with E-state index in [0.29, 0.717) is 6.04 Å². The van der Waals surface area contributed by atoms with Crippen molar-refractivity contribution in [3.8, 4) is 0 Å². The molecule has 0 amide bonds. The average Bonchev–Trinajstić information content (AvgIpc) is 2.72. The fourth-order valence-corrected chi connectivity index (χ4v) is 3.87. The van der Waals surface area contributed by atoms with Gasteiger partial charge in [0.05, 0.1) is 18.3 Å². The summed E-state index contributed by atoms with van der Waals surface area (Å²) in [6, 6.07) is 14.4. The first-order valence-corrected chi connectivity index (χ1v) is 8.93. The van der Waals surface area contributed by atoms with E-state index in [0.717, 1.165) is 53.1 Å². The zero-order valence-electron chi connectivity index (χ0n) is 13.5. The predicted molar refractivity (Wildman–Crippen MR) is 102 cm³/mol. The van der Waals surface area contributed by atoms with Gasteiger partial charge in [-0.05, 0) is 37.4 Å². The van der Waals surface area contributed by atoms with Crippen LogP contribution in [0.3, 0.4) is 0 Å². The minimum atomic E-state index is 0.397. The molecule has 1 atom stereocenters. The third-order valence-corrected chi connectivity index (χ3v) is 5.27. The molecule has 2 aliphatic heterocycles. The van der Waals surface area contributed by atoms with Crippen LogP contribution in [0.25, 0.3) is 0 Å². The number of hydrogen-bond donors (Lipinski definition) is 0. The van der Waals surface area contributed by atoms with E-state index in [1.807, 2.05) is 36.4 Å². The normalized spacial score (nSPS) is 20.9. The lowest BCUT2D eigenvalue weighted by atomic mass is 10.00. The Morgan fingerprint density at radius 2 is 1.75 bits per heavy atom. The molecule has 0 bridgehead atoms. The van der Waals surface area contributed by atoms with Gasteiger partial charge in [-0.2, -0.15) is 0 Å². The highest BCUT2D eigenvalue weighted by atomic mass is 35.5. The Labute approximate surface area is 152 Å². The summed E-state index contributed by atoms with van der Waals surface area (Å²) in [5.74, 6) is 0. The Hall–Kier alpha value is -1.55. The van der Waals surface area contributed by atoms with Crippen LogP contribution < -0.4 is 4.90 Å². The molecular formula is C19H19Cl2N3. The number of rotatable bonds is 1. The van der Waals surface area contributed by atoms with Crippen LogP contribution in [0.2, 0.25) is 10.0 Å². The van der Waals surface area contributed by atoms with Crippen molar-refractivity contribution in [3.63, 3.8) is 0 Å². The Balaban J connectivity index is 1.84. The van der Waals surface area contributed by atoms with Gasteiger partial charge in [-0.3, -0.25) is 4.99 Å². The minimum absolute atomic E-state index is 0.397. The Morgan fingerprint density at radius 3 is 2.54 bits per heavy atom. The topological polar surface area (TPSA) is 18.8 Å². The van der Waals surface area contributed by atoms with Gasteiger partial charge in [-0.15, -0.1) is 0 Å². The van der Waals surface area contributed by atoms with Crippen LogP contribution in [0.4, 0.5) is 5.69 Å². The highest BCUT2D eigenvalue weighted by Crippen LogP contribution is 2.32. The van der Waals surface area contributed by atoms with Crippen molar-refractivity contribution < 1.29 is 0 Å². The number of fused-ring (bicyclic) bond motifs is 3. The molecule has 4 rings (SSSR count). The molecule has 1 saturated heterocycles. The van der Waals surface area contributed by atoms with Crippen LogP contribution >= 0.6 is 23.2 Å². The minimum Gasteiger partial charge on any atom is -0.364 e. The van der Waals surface area contributed by atoms with Crippen LogP contribution in [0.15, 0.2) is 47.5 Å². The largest absolute Gasteiger partial charge is 0.364 e. The van der Waals surface area contributed by atoms with Gasteiger partial charge < -0.3 is 9.80 Å². The zero-order chi connectivity index (χ0) is 16.7. The first kappa shape index (κ1) is 15.9. The molecule has 0 spiro atoms. The summed E-state index contributed by atoms with van der Waals surface area (Å²) < 4.78 is 0. The van der Waals surface area contributed by atoms with Crippen molar-refractivity contribution in [1.82, 2.24) is 4.90 Å². The molecule has 2 aliphatic rings. The molecule has 0 aromatic heterocycles. The predicted octanol–water partition coefficient (Wildman–Crippen LogP) is 3.96. The van der Waals surface area contributed by atoms with Crippen LogP contribution in [0.1, 0.15) is 11.1 Å². The summed E-state index contributed by atoms with van der Waals surface area (Å²) in [4.78, 5) is 9.83. The van der Waals surface area contributed by atoms with Gasteiger partial charge in [0.25, 0.3) is 0 Å². The lowest BCUT2D eigenvalue weighted by Gasteiger charge is -2.40. The molecule has 1 unspecified atom stereocenters. The number of benzene rings is 2. The lowest BCUT2D eigenvalue weighted by Crippen LogP contribution is -2.53. The van der Waals surface area contributed by atoms with Gasteiger partial charge in [0.2, 0.25) is 0 Å². The maximum Gasteiger partial charge on any atom is 0.0741 e. The van der Waals surface area contributed by atoms with Crippen molar-refractivity contribution in [1.29, 1.82) is 0 Å². The summed E-state index contributed by atoms with van der Waals surface area (Å²) in [7, 11) is 2.18. The summed E-state index contributed by atoms with van der Waals surface area (Å²) in [5.41, 5.74) is 4.41. The van der Waals surface area contributed by atoms with Crippen LogP contribution in [-0.4, -0.2) is 49.9 Å². The molecule has 2 heterocycles. The van der Waals surface area contributed by atoms with Gasteiger partial charge in [-0.25, -0.2) is 0 Å². The number of likely N-dealkylation sites (N-methyl/N-ethyl adjacent to an activating group) is 1. The first-order chi connectivity index (χ1) is 11.6. The van der Waals surface area contributed by atoms with E-state index in [2.05, 4.69) is 22.9 Å². The van der Waals surface area contributed by atoms with Gasteiger partial charge in [0, 0.05) is 46.5 Å². The molecule has 0 N–H and O–H groups in total. The second-order valence-corrected chi connectivity index (χ2v) is 7.34. The SMILES string of the molecule is CN1CCN2c3ccc(Cl)cc3C(c3ccc(Cl)cc3)=NCC2C1. The fraction of sp³-hybridized carbons (Fsp3) is 0.316. The molecule has 0 aliphatic carbocycles. The molecule has 124 valence electrons. The van der Waals surface area contributed by atoms with E-state index in [4.69, 9.17) is 28.2 Å². The van der Waals surface area contributed by atoms with Crippen molar-refractivity contribution in [3.05, 3.63) is 63.6 Å². The molecule has 5 heteroatoms. The van der Waals surface area contributed by atoms with Crippen LogP contribution in [-0.2, 0) is 0 Å². The maximum absolute atomic E-state index is 6.30. The van der Waals surface area contributed by atoms with E-state index in [-0.39, 0.29) is 0 Å². The molecule has 24 heavy (non-hydrogen) atoms. The standard InChI is InChI=1S/C19H19Cl2N3/c1-23-8-9-24-16(12-23)11-22-19(13-2-4-14(20)5-3-13)17-10-15(21)6-7-18(17)24/h2-7,10,16H,8-9,11-12H2,1H3. The number of halogens is 2. The van der Waals surface area contributed by atoms with Crippen molar-refractivity contribution >= 4 is 34.6 Å².